The Morgan fingerprint density at radius 1 is 1.58 bits per heavy atom. The van der Waals surface area contributed by atoms with E-state index in [9.17, 15) is 13.2 Å². The Morgan fingerprint density at radius 3 is 2.50 bits per heavy atom. The summed E-state index contributed by atoms with van der Waals surface area (Å²) in [5.41, 5.74) is 0. The first-order valence-electron chi connectivity index (χ1n) is 3.42. The highest BCUT2D eigenvalue weighted by atomic mass is 19.3. The predicted octanol–water partition coefficient (Wildman–Crippen LogP) is 2.42. The molecule has 0 aliphatic rings. The molecule has 0 fully saturated rings. The van der Waals surface area contributed by atoms with Crippen molar-refractivity contribution < 1.29 is 23.3 Å². The quantitative estimate of drug-likeness (QED) is 0.390. The van der Waals surface area contributed by atoms with Crippen molar-refractivity contribution in [3.05, 3.63) is 12.7 Å². The first-order valence-corrected chi connectivity index (χ1v) is 3.42. The fourth-order valence-electron chi connectivity index (χ4n) is 0.634. The topological polar surface area (TPSA) is 29.5 Å². The Balaban J connectivity index is 3.72. The van der Waals surface area contributed by atoms with Crippen molar-refractivity contribution in [3.8, 4) is 0 Å². The molecule has 72 valence electrons. The molecule has 0 bridgehead atoms. The number of hydrogen-bond donors (Lipinski definition) is 1. The van der Waals surface area contributed by atoms with E-state index in [1.54, 1.807) is 0 Å². The van der Waals surface area contributed by atoms with E-state index in [1.807, 2.05) is 0 Å². The van der Waals surface area contributed by atoms with Crippen molar-refractivity contribution in [2.45, 2.75) is 24.9 Å². The lowest BCUT2D eigenvalue weighted by Gasteiger charge is -2.13. The van der Waals surface area contributed by atoms with Crippen LogP contribution in [0.15, 0.2) is 12.7 Å². The van der Waals surface area contributed by atoms with Gasteiger partial charge in [0.2, 0.25) is 0 Å². The zero-order valence-corrected chi connectivity index (χ0v) is 6.47. The van der Waals surface area contributed by atoms with Crippen LogP contribution in [0.4, 0.5) is 13.2 Å². The third kappa shape index (κ3) is 4.35. The molecule has 0 spiro atoms. The van der Waals surface area contributed by atoms with Gasteiger partial charge in [-0.1, -0.05) is 6.08 Å². The van der Waals surface area contributed by atoms with Crippen LogP contribution >= 0.6 is 0 Å². The van der Waals surface area contributed by atoms with Crippen molar-refractivity contribution in [2.75, 3.05) is 6.67 Å². The van der Waals surface area contributed by atoms with Gasteiger partial charge >= 0.3 is 0 Å². The maximum atomic E-state index is 12.2. The molecule has 12 heavy (non-hydrogen) atoms. The Kier molecular flexibility index (Phi) is 4.92. The first-order chi connectivity index (χ1) is 5.55. The molecule has 0 heterocycles. The second kappa shape index (κ2) is 5.16. The normalized spacial score (nSPS) is 14.3. The number of hydrogen-bond acceptors (Lipinski definition) is 2. The summed E-state index contributed by atoms with van der Waals surface area (Å²) in [5, 5.41) is 8.09. The molecule has 0 aromatic carbocycles. The van der Waals surface area contributed by atoms with Crippen LogP contribution in [-0.4, -0.2) is 24.0 Å². The zero-order chi connectivity index (χ0) is 9.61. The van der Waals surface area contributed by atoms with E-state index in [2.05, 4.69) is 11.5 Å². The molecule has 0 saturated heterocycles. The summed E-state index contributed by atoms with van der Waals surface area (Å²) >= 11 is 0. The molecule has 2 nitrogen and oxygen atoms in total. The standard InChI is InChI=1S/C7H11F3O2/c1-2-6(12-11)3-4-7(9,10)5-8/h2,6,11H,1,3-5H2. The molecule has 0 aliphatic carbocycles. The van der Waals surface area contributed by atoms with Gasteiger partial charge in [0.05, 0.1) is 0 Å². The molecule has 1 N–H and O–H groups in total. The summed E-state index contributed by atoms with van der Waals surface area (Å²) in [6.45, 7) is 1.54. The molecular formula is C7H11F3O2. The van der Waals surface area contributed by atoms with E-state index in [0.717, 1.165) is 0 Å². The van der Waals surface area contributed by atoms with E-state index in [1.165, 1.54) is 6.08 Å². The summed E-state index contributed by atoms with van der Waals surface area (Å²) in [7, 11) is 0. The highest BCUT2D eigenvalue weighted by Crippen LogP contribution is 2.22. The largest absolute Gasteiger partial charge is 0.276 e. The van der Waals surface area contributed by atoms with Crippen molar-refractivity contribution >= 4 is 0 Å². The zero-order valence-electron chi connectivity index (χ0n) is 6.47. The fourth-order valence-corrected chi connectivity index (χ4v) is 0.634. The minimum Gasteiger partial charge on any atom is -0.251 e. The average Bonchev–Trinajstić information content (AvgIpc) is 2.06. The fraction of sp³-hybridized carbons (Fsp3) is 0.714. The minimum atomic E-state index is -3.33. The lowest BCUT2D eigenvalue weighted by atomic mass is 10.1. The van der Waals surface area contributed by atoms with Gasteiger partial charge in [0, 0.05) is 6.42 Å². The Hall–Kier alpha value is -0.550. The maximum absolute atomic E-state index is 12.2. The monoisotopic (exact) mass is 184 g/mol. The third-order valence-corrected chi connectivity index (χ3v) is 1.39. The first kappa shape index (κ1) is 11.4. The lowest BCUT2D eigenvalue weighted by Crippen LogP contribution is -2.21. The van der Waals surface area contributed by atoms with Gasteiger partial charge < -0.3 is 0 Å². The molecule has 0 saturated carbocycles. The molecule has 5 heteroatoms. The summed E-state index contributed by atoms with van der Waals surface area (Å²) in [6.07, 6.45) is -0.506. The number of rotatable bonds is 6. The van der Waals surface area contributed by atoms with Crippen LogP contribution in [0.2, 0.25) is 0 Å². The summed E-state index contributed by atoms with van der Waals surface area (Å²) in [5.74, 6) is -3.33. The van der Waals surface area contributed by atoms with Crippen LogP contribution in [0.1, 0.15) is 12.8 Å². The van der Waals surface area contributed by atoms with E-state index in [-0.39, 0.29) is 6.42 Å². The van der Waals surface area contributed by atoms with E-state index < -0.39 is 25.1 Å². The number of alkyl halides is 3. The Bertz CT molecular complexity index is 139. The minimum absolute atomic E-state index is 0.156. The smallest absolute Gasteiger partial charge is 0.251 e. The molecule has 1 atom stereocenters. The SMILES string of the molecule is C=CC(CCC(F)(F)CF)OO. The van der Waals surface area contributed by atoms with Crippen LogP contribution in [0.5, 0.6) is 0 Å². The van der Waals surface area contributed by atoms with Crippen LogP contribution in [0.3, 0.4) is 0 Å². The summed E-state index contributed by atoms with van der Waals surface area (Å²) in [6, 6.07) is 0. The molecular weight excluding hydrogens is 173 g/mol. The second-order valence-corrected chi connectivity index (χ2v) is 2.41. The van der Waals surface area contributed by atoms with E-state index >= 15 is 0 Å². The number of halogens is 3. The van der Waals surface area contributed by atoms with Crippen LogP contribution in [0, 0.1) is 0 Å². The van der Waals surface area contributed by atoms with E-state index in [4.69, 9.17) is 5.26 Å². The second-order valence-electron chi connectivity index (χ2n) is 2.41. The average molecular weight is 184 g/mol. The molecule has 0 radical (unpaired) electrons. The van der Waals surface area contributed by atoms with Crippen molar-refractivity contribution in [3.63, 3.8) is 0 Å². The third-order valence-electron chi connectivity index (χ3n) is 1.39. The van der Waals surface area contributed by atoms with Gasteiger partial charge in [0.15, 0.2) is 6.67 Å². The van der Waals surface area contributed by atoms with Gasteiger partial charge in [-0.15, -0.1) is 6.58 Å². The van der Waals surface area contributed by atoms with Crippen LogP contribution < -0.4 is 0 Å². The van der Waals surface area contributed by atoms with Crippen molar-refractivity contribution in [1.82, 2.24) is 0 Å². The van der Waals surface area contributed by atoms with Gasteiger partial charge in [-0.25, -0.2) is 18.1 Å². The van der Waals surface area contributed by atoms with Crippen LogP contribution in [-0.2, 0) is 4.89 Å². The summed E-state index contributed by atoms with van der Waals surface area (Å²) in [4.78, 5) is 3.77. The lowest BCUT2D eigenvalue weighted by molar-refractivity contribution is -0.268. The molecule has 0 amide bonds. The Labute approximate surface area is 68.6 Å². The maximum Gasteiger partial charge on any atom is 0.276 e. The molecule has 0 rings (SSSR count). The highest BCUT2D eigenvalue weighted by molar-refractivity contribution is 4.80. The predicted molar refractivity (Wildman–Crippen MR) is 37.9 cm³/mol. The van der Waals surface area contributed by atoms with Crippen LogP contribution in [0.25, 0.3) is 0 Å². The molecule has 0 aromatic heterocycles. The molecule has 1 unspecified atom stereocenters. The van der Waals surface area contributed by atoms with Gasteiger partial charge in [0.1, 0.15) is 6.10 Å². The van der Waals surface area contributed by atoms with Crippen molar-refractivity contribution in [2.24, 2.45) is 0 Å². The van der Waals surface area contributed by atoms with Gasteiger partial charge in [-0.05, 0) is 6.42 Å². The van der Waals surface area contributed by atoms with Gasteiger partial charge in [-0.3, -0.25) is 5.26 Å². The Morgan fingerprint density at radius 2 is 2.17 bits per heavy atom. The molecule has 0 aromatic rings. The van der Waals surface area contributed by atoms with Crippen molar-refractivity contribution in [1.29, 1.82) is 0 Å². The summed E-state index contributed by atoms with van der Waals surface area (Å²) < 4.78 is 36.0. The van der Waals surface area contributed by atoms with Gasteiger partial charge in [-0.2, -0.15) is 0 Å². The van der Waals surface area contributed by atoms with Gasteiger partial charge in [0.25, 0.3) is 5.92 Å². The molecule has 0 aliphatic heterocycles. The highest BCUT2D eigenvalue weighted by Gasteiger charge is 2.29. The van der Waals surface area contributed by atoms with E-state index in [0.29, 0.717) is 0 Å².